The molecule has 0 spiro atoms. The van der Waals surface area contributed by atoms with Gasteiger partial charge < -0.3 is 14.9 Å². The monoisotopic (exact) mass is 404 g/mol. The number of hydrogen-bond acceptors (Lipinski definition) is 5. The number of aryl methyl sites for hydroxylation is 1. The Balaban J connectivity index is 1.73. The molecule has 4 rings (SSSR count). The van der Waals surface area contributed by atoms with Crippen molar-refractivity contribution in [2.45, 2.75) is 26.3 Å². The number of thiazole rings is 1. The summed E-state index contributed by atoms with van der Waals surface area (Å²) in [6.07, 6.45) is 0.697. The molecular weight excluding hydrogens is 381 g/mol. The normalized spacial score (nSPS) is 16.6. The van der Waals surface area contributed by atoms with E-state index in [0.29, 0.717) is 30.3 Å². The predicted octanol–water partition coefficient (Wildman–Crippen LogP) is 1.03. The average Bonchev–Trinajstić information content (AvgIpc) is 3.23. The molecule has 3 aromatic rings. The van der Waals surface area contributed by atoms with Gasteiger partial charge in [-0.15, -0.1) is 5.10 Å². The fraction of sp³-hybridized carbons (Fsp3) is 0.421. The van der Waals surface area contributed by atoms with Crippen LogP contribution in [0, 0.1) is 5.82 Å². The molecular formula is C19H23FN5O2S+. The molecule has 148 valence electrons. The average molecular weight is 404 g/mol. The summed E-state index contributed by atoms with van der Waals surface area (Å²) in [7, 11) is 0. The number of aromatic hydroxyl groups is 1. The number of halogens is 1. The van der Waals surface area contributed by atoms with E-state index >= 15 is 0 Å². The zero-order valence-corrected chi connectivity index (χ0v) is 16.7. The Bertz CT molecular complexity index is 992. The first kappa shape index (κ1) is 18.8. The standard InChI is InChI=1S/C19H22FN5O2S/c1-3-15-21-19-25(22-15)18(27)17(28-19)16(13-4-6-14(20)7-5-13)24-10-8-23(9-11-24)12(2)26/h4-7,16,27H,3,8-11H2,1-2H3/p+1/t16-/m1/s1. The van der Waals surface area contributed by atoms with Crippen molar-refractivity contribution in [3.05, 3.63) is 46.3 Å². The molecule has 3 heterocycles. The maximum absolute atomic E-state index is 13.5. The number of piperazine rings is 1. The van der Waals surface area contributed by atoms with E-state index in [1.165, 1.54) is 32.9 Å². The third kappa shape index (κ3) is 3.35. The fourth-order valence-corrected chi connectivity index (χ4v) is 4.91. The summed E-state index contributed by atoms with van der Waals surface area (Å²) in [5.41, 5.74) is 0.920. The van der Waals surface area contributed by atoms with E-state index in [4.69, 9.17) is 0 Å². The molecule has 0 radical (unpaired) electrons. The fourth-order valence-electron chi connectivity index (χ4n) is 3.75. The van der Waals surface area contributed by atoms with Gasteiger partial charge in [0.25, 0.3) is 0 Å². The Morgan fingerprint density at radius 3 is 2.57 bits per heavy atom. The number of carbonyl (C=O) groups excluding carboxylic acids is 1. The zero-order chi connectivity index (χ0) is 19.8. The van der Waals surface area contributed by atoms with Crippen LogP contribution in [-0.2, 0) is 11.2 Å². The van der Waals surface area contributed by atoms with Crippen LogP contribution in [-0.4, -0.2) is 56.7 Å². The van der Waals surface area contributed by atoms with E-state index in [2.05, 4.69) is 10.1 Å². The number of rotatable bonds is 4. The van der Waals surface area contributed by atoms with E-state index in [-0.39, 0.29) is 23.6 Å². The van der Waals surface area contributed by atoms with Gasteiger partial charge in [0.15, 0.2) is 11.9 Å². The Labute approximate surface area is 166 Å². The second kappa shape index (κ2) is 7.48. The van der Waals surface area contributed by atoms with E-state index < -0.39 is 0 Å². The molecule has 2 aromatic heterocycles. The third-order valence-electron chi connectivity index (χ3n) is 5.28. The first-order valence-electron chi connectivity index (χ1n) is 9.40. The molecule has 1 amide bonds. The lowest BCUT2D eigenvalue weighted by Crippen LogP contribution is -3.15. The summed E-state index contributed by atoms with van der Waals surface area (Å²) in [6, 6.07) is 6.23. The van der Waals surface area contributed by atoms with Crippen LogP contribution >= 0.6 is 11.3 Å². The molecule has 1 aliphatic heterocycles. The summed E-state index contributed by atoms with van der Waals surface area (Å²) >= 11 is 1.41. The Kier molecular flexibility index (Phi) is 5.03. The van der Waals surface area contributed by atoms with Crippen molar-refractivity contribution in [2.24, 2.45) is 0 Å². The van der Waals surface area contributed by atoms with Crippen molar-refractivity contribution in [2.75, 3.05) is 26.2 Å². The van der Waals surface area contributed by atoms with Gasteiger partial charge in [0.2, 0.25) is 16.7 Å². The lowest BCUT2D eigenvalue weighted by molar-refractivity contribution is -0.929. The lowest BCUT2D eigenvalue weighted by Gasteiger charge is -2.36. The molecule has 0 aliphatic carbocycles. The molecule has 1 aliphatic rings. The van der Waals surface area contributed by atoms with Gasteiger partial charge >= 0.3 is 0 Å². The molecule has 1 fully saturated rings. The van der Waals surface area contributed by atoms with Crippen LogP contribution in [0.25, 0.3) is 4.96 Å². The van der Waals surface area contributed by atoms with E-state index in [0.717, 1.165) is 23.5 Å². The highest BCUT2D eigenvalue weighted by molar-refractivity contribution is 7.17. The molecule has 2 N–H and O–H groups in total. The van der Waals surface area contributed by atoms with Gasteiger partial charge in [0, 0.05) is 18.9 Å². The van der Waals surface area contributed by atoms with Gasteiger partial charge in [0.1, 0.15) is 10.7 Å². The number of quaternary nitrogens is 1. The second-order valence-electron chi connectivity index (χ2n) is 7.01. The number of nitrogens with one attached hydrogen (secondary N) is 1. The van der Waals surface area contributed by atoms with Crippen LogP contribution in [0.4, 0.5) is 4.39 Å². The number of aromatic nitrogens is 3. The minimum atomic E-state index is -0.293. The molecule has 7 nitrogen and oxygen atoms in total. The topological polar surface area (TPSA) is 75.2 Å². The smallest absolute Gasteiger partial charge is 0.235 e. The third-order valence-corrected chi connectivity index (χ3v) is 6.37. The zero-order valence-electron chi connectivity index (χ0n) is 15.9. The van der Waals surface area contributed by atoms with Crippen molar-refractivity contribution < 1.29 is 19.2 Å². The van der Waals surface area contributed by atoms with Crippen LogP contribution in [0.3, 0.4) is 0 Å². The van der Waals surface area contributed by atoms with Crippen molar-refractivity contribution in [1.82, 2.24) is 19.5 Å². The number of hydrogen-bond donors (Lipinski definition) is 2. The van der Waals surface area contributed by atoms with Crippen LogP contribution in [0.15, 0.2) is 24.3 Å². The number of carbonyl (C=O) groups is 1. The number of benzene rings is 1. The first-order valence-corrected chi connectivity index (χ1v) is 10.2. The Morgan fingerprint density at radius 1 is 1.32 bits per heavy atom. The minimum Gasteiger partial charge on any atom is -0.492 e. The summed E-state index contributed by atoms with van der Waals surface area (Å²) in [4.78, 5) is 20.6. The van der Waals surface area contributed by atoms with Crippen molar-refractivity contribution in [1.29, 1.82) is 0 Å². The van der Waals surface area contributed by atoms with Crippen molar-refractivity contribution >= 4 is 22.2 Å². The summed E-state index contributed by atoms with van der Waals surface area (Å²) in [5, 5.41) is 15.2. The van der Waals surface area contributed by atoms with Gasteiger partial charge in [-0.05, 0) is 24.3 Å². The number of fused-ring (bicyclic) bond motifs is 1. The SMILES string of the molecule is CCc1nc2sc([C@@H](c3ccc(F)cc3)[NH+]3CCN(C(C)=O)CC3)c(O)n2n1. The van der Waals surface area contributed by atoms with Crippen molar-refractivity contribution in [3.8, 4) is 5.88 Å². The Morgan fingerprint density at radius 2 is 2.00 bits per heavy atom. The van der Waals surface area contributed by atoms with Crippen LogP contribution in [0.2, 0.25) is 0 Å². The number of nitrogens with zero attached hydrogens (tertiary/aromatic N) is 4. The molecule has 1 aromatic carbocycles. The van der Waals surface area contributed by atoms with Gasteiger partial charge in [0.05, 0.1) is 26.2 Å². The maximum Gasteiger partial charge on any atom is 0.235 e. The van der Waals surface area contributed by atoms with Gasteiger partial charge in [-0.3, -0.25) is 4.79 Å². The summed E-state index contributed by atoms with van der Waals surface area (Å²) in [5.74, 6) is 0.557. The maximum atomic E-state index is 13.5. The highest BCUT2D eigenvalue weighted by Gasteiger charge is 2.35. The highest BCUT2D eigenvalue weighted by atomic mass is 32.1. The number of amides is 1. The predicted molar refractivity (Wildman–Crippen MR) is 103 cm³/mol. The van der Waals surface area contributed by atoms with E-state index in [1.54, 1.807) is 19.1 Å². The van der Waals surface area contributed by atoms with Crippen LogP contribution in [0.5, 0.6) is 5.88 Å². The largest absolute Gasteiger partial charge is 0.492 e. The van der Waals surface area contributed by atoms with Crippen LogP contribution < -0.4 is 4.90 Å². The molecule has 1 atom stereocenters. The molecule has 0 saturated carbocycles. The highest BCUT2D eigenvalue weighted by Crippen LogP contribution is 2.35. The van der Waals surface area contributed by atoms with Gasteiger partial charge in [-0.1, -0.05) is 18.3 Å². The van der Waals surface area contributed by atoms with Gasteiger partial charge in [-0.25, -0.2) is 9.37 Å². The molecule has 0 unspecified atom stereocenters. The summed E-state index contributed by atoms with van der Waals surface area (Å²) in [6.45, 7) is 6.36. The Hall–Kier alpha value is -2.52. The summed E-state index contributed by atoms with van der Waals surface area (Å²) < 4.78 is 15.0. The quantitative estimate of drug-likeness (QED) is 0.681. The molecule has 28 heavy (non-hydrogen) atoms. The van der Waals surface area contributed by atoms with Crippen molar-refractivity contribution in [3.63, 3.8) is 0 Å². The van der Waals surface area contributed by atoms with E-state index in [9.17, 15) is 14.3 Å². The van der Waals surface area contributed by atoms with Crippen LogP contribution in [0.1, 0.15) is 36.2 Å². The minimum absolute atomic E-state index is 0.0751. The molecule has 9 heteroatoms. The lowest BCUT2D eigenvalue weighted by atomic mass is 10.0. The first-order chi connectivity index (χ1) is 13.5. The van der Waals surface area contributed by atoms with Gasteiger partial charge in [-0.2, -0.15) is 4.52 Å². The second-order valence-corrected chi connectivity index (χ2v) is 8.02. The van der Waals surface area contributed by atoms with E-state index in [1.807, 2.05) is 11.8 Å². The molecule has 0 bridgehead atoms. The molecule has 1 saturated heterocycles.